The molecule has 0 spiro atoms. The molecular weight excluding hydrogens is 306 g/mol. The van der Waals surface area contributed by atoms with Gasteiger partial charge < -0.3 is 10.1 Å². The van der Waals surface area contributed by atoms with Crippen molar-refractivity contribution in [1.29, 1.82) is 0 Å². The molecule has 0 saturated carbocycles. The Morgan fingerprint density at radius 1 is 1.37 bits per heavy atom. The van der Waals surface area contributed by atoms with Crippen LogP contribution in [0.4, 0.5) is 5.82 Å². The second kappa shape index (κ2) is 5.17. The van der Waals surface area contributed by atoms with E-state index in [0.29, 0.717) is 6.61 Å². The number of hydrogen-bond donors (Lipinski definition) is 1. The van der Waals surface area contributed by atoms with E-state index in [4.69, 9.17) is 4.74 Å². The number of hydrogen-bond acceptors (Lipinski definition) is 4. The maximum Gasteiger partial charge on any atom is 0.143 e. The third-order valence-electron chi connectivity index (χ3n) is 3.27. The zero-order valence-corrected chi connectivity index (χ0v) is 12.1. The Kier molecular flexibility index (Phi) is 3.38. The summed E-state index contributed by atoms with van der Waals surface area (Å²) >= 11 is 3.43. The van der Waals surface area contributed by atoms with Gasteiger partial charge in [0, 0.05) is 18.8 Å². The highest BCUT2D eigenvalue weighted by Gasteiger charge is 2.25. The first-order chi connectivity index (χ1) is 9.29. The summed E-state index contributed by atoms with van der Waals surface area (Å²) in [6, 6.07) is 8.10. The topological polar surface area (TPSA) is 47.0 Å². The zero-order valence-electron chi connectivity index (χ0n) is 10.6. The minimum Gasteiger partial charge on any atom is -0.493 e. The molecule has 1 atom stereocenters. The number of anilines is 1. The summed E-state index contributed by atoms with van der Waals surface area (Å²) in [7, 11) is 1.86. The second-order valence-corrected chi connectivity index (χ2v) is 5.26. The van der Waals surface area contributed by atoms with Crippen LogP contribution in [0.1, 0.15) is 23.7 Å². The normalized spacial score (nSPS) is 17.5. The zero-order chi connectivity index (χ0) is 13.2. The summed E-state index contributed by atoms with van der Waals surface area (Å²) in [6.07, 6.45) is 2.70. The van der Waals surface area contributed by atoms with Crippen LogP contribution in [0, 0.1) is 0 Å². The summed E-state index contributed by atoms with van der Waals surface area (Å²) in [5, 5.41) is 3.07. The number of ether oxygens (including phenoxy) is 1. The van der Waals surface area contributed by atoms with E-state index < -0.39 is 0 Å². The monoisotopic (exact) mass is 319 g/mol. The molecule has 0 fully saturated rings. The average Bonchev–Trinajstić information content (AvgIpc) is 2.47. The van der Waals surface area contributed by atoms with E-state index in [1.165, 1.54) is 0 Å². The van der Waals surface area contributed by atoms with Crippen molar-refractivity contribution in [1.82, 2.24) is 9.97 Å². The summed E-state index contributed by atoms with van der Waals surface area (Å²) in [6.45, 7) is 0.704. The molecule has 3 rings (SSSR count). The smallest absolute Gasteiger partial charge is 0.143 e. The summed E-state index contributed by atoms with van der Waals surface area (Å²) in [5.74, 6) is 2.79. The van der Waals surface area contributed by atoms with E-state index in [1.807, 2.05) is 25.2 Å². The van der Waals surface area contributed by atoms with Crippen LogP contribution < -0.4 is 10.1 Å². The molecule has 0 radical (unpaired) electrons. The molecule has 1 aliphatic rings. The largest absolute Gasteiger partial charge is 0.493 e. The molecule has 0 saturated heterocycles. The van der Waals surface area contributed by atoms with E-state index in [9.17, 15) is 0 Å². The quantitative estimate of drug-likeness (QED) is 0.923. The Morgan fingerprint density at radius 2 is 2.21 bits per heavy atom. The van der Waals surface area contributed by atoms with Gasteiger partial charge in [0.2, 0.25) is 0 Å². The Bertz CT molecular complexity index is 603. The second-order valence-electron chi connectivity index (χ2n) is 4.40. The third kappa shape index (κ3) is 2.30. The van der Waals surface area contributed by atoms with Gasteiger partial charge in [-0.15, -0.1) is 0 Å². The number of nitrogens with zero attached hydrogens (tertiary/aromatic N) is 2. The molecule has 1 aromatic carbocycles. The lowest BCUT2D eigenvalue weighted by Gasteiger charge is -2.25. The van der Waals surface area contributed by atoms with Crippen LogP contribution in [0.2, 0.25) is 0 Å². The van der Waals surface area contributed by atoms with Crippen LogP contribution >= 0.6 is 15.9 Å². The maximum atomic E-state index is 5.68. The van der Waals surface area contributed by atoms with Crippen LogP contribution in [-0.4, -0.2) is 23.6 Å². The van der Waals surface area contributed by atoms with Gasteiger partial charge in [-0.25, -0.2) is 9.97 Å². The minimum atomic E-state index is 0.199. The van der Waals surface area contributed by atoms with Crippen molar-refractivity contribution in [2.24, 2.45) is 0 Å². The van der Waals surface area contributed by atoms with E-state index in [-0.39, 0.29) is 5.92 Å². The van der Waals surface area contributed by atoms with E-state index in [0.717, 1.165) is 33.8 Å². The number of para-hydroxylation sites is 1. The van der Waals surface area contributed by atoms with Crippen molar-refractivity contribution >= 4 is 21.7 Å². The highest BCUT2D eigenvalue weighted by Crippen LogP contribution is 2.37. The van der Waals surface area contributed by atoms with Crippen LogP contribution in [0.5, 0.6) is 5.75 Å². The maximum absolute atomic E-state index is 5.68. The Balaban J connectivity index is 2.04. The molecule has 2 aromatic rings. The van der Waals surface area contributed by atoms with Gasteiger partial charge in [-0.2, -0.15) is 0 Å². The lowest BCUT2D eigenvalue weighted by molar-refractivity contribution is 0.274. The molecule has 0 aliphatic carbocycles. The molecule has 98 valence electrons. The SMILES string of the molecule is CNc1nc(C2CCOc3ccccc32)ncc1Br. The van der Waals surface area contributed by atoms with Crippen molar-refractivity contribution < 1.29 is 4.74 Å². The number of rotatable bonds is 2. The van der Waals surface area contributed by atoms with Gasteiger partial charge in [0.25, 0.3) is 0 Å². The standard InChI is InChI=1S/C14H14BrN3O/c1-16-14-11(15)8-17-13(18-14)10-6-7-19-12-5-3-2-4-9(10)12/h2-5,8,10H,6-7H2,1H3,(H,16,17,18). The molecule has 4 nitrogen and oxygen atoms in total. The molecule has 0 bridgehead atoms. The fourth-order valence-electron chi connectivity index (χ4n) is 2.33. The van der Waals surface area contributed by atoms with Crippen LogP contribution in [0.15, 0.2) is 34.9 Å². The molecule has 0 amide bonds. The molecule has 1 N–H and O–H groups in total. The predicted octanol–water partition coefficient (Wildman–Crippen LogP) is 3.20. The highest BCUT2D eigenvalue weighted by atomic mass is 79.9. The lowest BCUT2D eigenvalue weighted by atomic mass is 9.92. The van der Waals surface area contributed by atoms with Gasteiger partial charge in [0.05, 0.1) is 17.0 Å². The number of fused-ring (bicyclic) bond motifs is 1. The van der Waals surface area contributed by atoms with Crippen LogP contribution in [0.25, 0.3) is 0 Å². The predicted molar refractivity (Wildman–Crippen MR) is 77.7 cm³/mol. The number of benzene rings is 1. The van der Waals surface area contributed by atoms with Crippen molar-refractivity contribution in [3.63, 3.8) is 0 Å². The molecule has 19 heavy (non-hydrogen) atoms. The molecule has 1 aromatic heterocycles. The fourth-order valence-corrected chi connectivity index (χ4v) is 2.72. The van der Waals surface area contributed by atoms with Gasteiger partial charge in [-0.1, -0.05) is 18.2 Å². The summed E-state index contributed by atoms with van der Waals surface area (Å²) in [5.41, 5.74) is 1.16. The molecule has 2 heterocycles. The first-order valence-corrected chi connectivity index (χ1v) is 7.01. The van der Waals surface area contributed by atoms with Gasteiger partial charge >= 0.3 is 0 Å². The van der Waals surface area contributed by atoms with E-state index in [2.05, 4.69) is 37.3 Å². The van der Waals surface area contributed by atoms with Crippen molar-refractivity contribution in [2.75, 3.05) is 19.0 Å². The van der Waals surface area contributed by atoms with Gasteiger partial charge in [-0.05, 0) is 28.4 Å². The van der Waals surface area contributed by atoms with E-state index >= 15 is 0 Å². The lowest BCUT2D eigenvalue weighted by Crippen LogP contribution is -2.17. The molecule has 1 unspecified atom stereocenters. The minimum absolute atomic E-state index is 0.199. The van der Waals surface area contributed by atoms with Gasteiger partial charge in [0.1, 0.15) is 17.4 Å². The average molecular weight is 320 g/mol. The summed E-state index contributed by atoms with van der Waals surface area (Å²) in [4.78, 5) is 9.04. The summed E-state index contributed by atoms with van der Waals surface area (Å²) < 4.78 is 6.55. The fraction of sp³-hybridized carbons (Fsp3) is 0.286. The van der Waals surface area contributed by atoms with Crippen molar-refractivity contribution in [3.05, 3.63) is 46.3 Å². The van der Waals surface area contributed by atoms with Crippen LogP contribution in [0.3, 0.4) is 0 Å². The van der Waals surface area contributed by atoms with Gasteiger partial charge in [0.15, 0.2) is 0 Å². The van der Waals surface area contributed by atoms with Gasteiger partial charge in [-0.3, -0.25) is 0 Å². The molecule has 1 aliphatic heterocycles. The number of nitrogens with one attached hydrogen (secondary N) is 1. The Morgan fingerprint density at radius 3 is 3.05 bits per heavy atom. The number of aromatic nitrogens is 2. The van der Waals surface area contributed by atoms with E-state index in [1.54, 1.807) is 6.20 Å². The Hall–Kier alpha value is -1.62. The molecule has 5 heteroatoms. The highest BCUT2D eigenvalue weighted by molar-refractivity contribution is 9.10. The van der Waals surface area contributed by atoms with Crippen molar-refractivity contribution in [2.45, 2.75) is 12.3 Å². The first kappa shape index (κ1) is 12.4. The third-order valence-corrected chi connectivity index (χ3v) is 3.85. The Labute approximate surface area is 120 Å². The number of halogens is 1. The molecular formula is C14H14BrN3O. The first-order valence-electron chi connectivity index (χ1n) is 6.21. The van der Waals surface area contributed by atoms with Crippen LogP contribution in [-0.2, 0) is 0 Å². The van der Waals surface area contributed by atoms with Crippen molar-refractivity contribution in [3.8, 4) is 5.75 Å².